The average Bonchev–Trinajstić information content (AvgIpc) is 3.03. The van der Waals surface area contributed by atoms with E-state index in [1.165, 1.54) is 12.1 Å². The van der Waals surface area contributed by atoms with Crippen molar-refractivity contribution in [3.05, 3.63) is 48.3 Å². The Kier molecular flexibility index (Phi) is 4.36. The van der Waals surface area contributed by atoms with Crippen LogP contribution in [0.25, 0.3) is 0 Å². The number of rotatable bonds is 5. The van der Waals surface area contributed by atoms with Crippen molar-refractivity contribution in [3.63, 3.8) is 0 Å². The van der Waals surface area contributed by atoms with E-state index >= 15 is 0 Å². The number of aryl methyl sites for hydroxylation is 1. The highest BCUT2D eigenvalue weighted by molar-refractivity contribution is 6.01. The van der Waals surface area contributed by atoms with Crippen LogP contribution in [0.2, 0.25) is 0 Å². The van der Waals surface area contributed by atoms with Gasteiger partial charge in [0.2, 0.25) is 11.8 Å². The summed E-state index contributed by atoms with van der Waals surface area (Å²) in [5.41, 5.74) is 1.03. The summed E-state index contributed by atoms with van der Waals surface area (Å²) in [5.74, 6) is -1.50. The van der Waals surface area contributed by atoms with Crippen molar-refractivity contribution < 1.29 is 14.0 Å². The second kappa shape index (κ2) is 6.60. The van der Waals surface area contributed by atoms with Crippen LogP contribution in [0.5, 0.6) is 0 Å². The third kappa shape index (κ3) is 3.56. The van der Waals surface area contributed by atoms with E-state index in [4.69, 9.17) is 0 Å². The Labute approximate surface area is 132 Å². The van der Waals surface area contributed by atoms with Crippen molar-refractivity contribution in [2.75, 3.05) is 11.9 Å². The van der Waals surface area contributed by atoms with Crippen LogP contribution >= 0.6 is 0 Å². The first-order valence-corrected chi connectivity index (χ1v) is 7.46. The van der Waals surface area contributed by atoms with Crippen LogP contribution < -0.4 is 10.6 Å². The average molecular weight is 316 g/mol. The lowest BCUT2D eigenvalue weighted by atomic mass is 9.89. The number of amides is 2. The molecular formula is C16H17FN4O2. The number of imidazole rings is 1. The molecule has 0 saturated heterocycles. The molecule has 0 bridgehead atoms. The van der Waals surface area contributed by atoms with E-state index in [1.807, 2.05) is 10.8 Å². The summed E-state index contributed by atoms with van der Waals surface area (Å²) < 4.78 is 15.2. The number of hydrogen-bond donors (Lipinski definition) is 2. The quantitative estimate of drug-likeness (QED) is 0.824. The number of carbonyl (C=O) groups excluding carboxylic acids is 2. The van der Waals surface area contributed by atoms with Gasteiger partial charge in [0.1, 0.15) is 5.82 Å². The first-order chi connectivity index (χ1) is 11.1. The van der Waals surface area contributed by atoms with E-state index < -0.39 is 11.7 Å². The highest BCUT2D eigenvalue weighted by Crippen LogP contribution is 2.32. The molecule has 0 fully saturated rings. The van der Waals surface area contributed by atoms with Crippen LogP contribution in [0.3, 0.4) is 0 Å². The van der Waals surface area contributed by atoms with Crippen molar-refractivity contribution in [2.45, 2.75) is 25.3 Å². The monoisotopic (exact) mass is 316 g/mol. The Bertz CT molecular complexity index is 715. The summed E-state index contributed by atoms with van der Waals surface area (Å²) in [6.45, 7) is 1.26. The minimum atomic E-state index is -0.576. The van der Waals surface area contributed by atoms with Crippen molar-refractivity contribution in [3.8, 4) is 0 Å². The van der Waals surface area contributed by atoms with Gasteiger partial charge in [0.05, 0.1) is 12.2 Å². The van der Waals surface area contributed by atoms with Crippen molar-refractivity contribution >= 4 is 17.5 Å². The van der Waals surface area contributed by atoms with Gasteiger partial charge < -0.3 is 15.2 Å². The first kappa shape index (κ1) is 15.2. The molecule has 0 radical (unpaired) electrons. The fourth-order valence-corrected chi connectivity index (χ4v) is 2.69. The van der Waals surface area contributed by atoms with E-state index in [-0.39, 0.29) is 18.2 Å². The Morgan fingerprint density at radius 3 is 3.13 bits per heavy atom. The standard InChI is InChI=1S/C16H17FN4O2/c17-11-2-3-12-13(9-15(22)20-14(12)8-11)16(23)19-4-1-6-21-7-5-18-10-21/h2-3,5,7-8,10,13H,1,4,6,9H2,(H,19,23)(H,20,22). The molecule has 2 heterocycles. The van der Waals surface area contributed by atoms with Crippen LogP contribution in [-0.4, -0.2) is 27.9 Å². The minimum Gasteiger partial charge on any atom is -0.355 e. The molecule has 1 aromatic heterocycles. The normalized spacial score (nSPS) is 16.6. The summed E-state index contributed by atoms with van der Waals surface area (Å²) in [6, 6.07) is 4.10. The third-order valence-electron chi connectivity index (χ3n) is 3.82. The number of hydrogen-bond acceptors (Lipinski definition) is 3. The molecular weight excluding hydrogens is 299 g/mol. The van der Waals surface area contributed by atoms with Crippen molar-refractivity contribution in [1.29, 1.82) is 0 Å². The van der Waals surface area contributed by atoms with Gasteiger partial charge in [0, 0.05) is 37.6 Å². The van der Waals surface area contributed by atoms with Crippen molar-refractivity contribution in [2.24, 2.45) is 0 Å². The second-order valence-corrected chi connectivity index (χ2v) is 5.48. The summed E-state index contributed by atoms with van der Waals surface area (Å²) in [6.07, 6.45) is 6.12. The third-order valence-corrected chi connectivity index (χ3v) is 3.82. The second-order valence-electron chi connectivity index (χ2n) is 5.48. The highest BCUT2D eigenvalue weighted by atomic mass is 19.1. The molecule has 7 heteroatoms. The smallest absolute Gasteiger partial charge is 0.228 e. The van der Waals surface area contributed by atoms with Gasteiger partial charge in [-0.3, -0.25) is 9.59 Å². The molecule has 3 rings (SSSR count). The summed E-state index contributed by atoms with van der Waals surface area (Å²) in [4.78, 5) is 28.0. The molecule has 2 amide bonds. The Hall–Kier alpha value is -2.70. The zero-order valence-electron chi connectivity index (χ0n) is 12.5. The number of aromatic nitrogens is 2. The van der Waals surface area contributed by atoms with Crippen LogP contribution in [-0.2, 0) is 16.1 Å². The molecule has 2 N–H and O–H groups in total. The summed E-state index contributed by atoms with van der Waals surface area (Å²) in [5, 5.41) is 5.45. The van der Waals surface area contributed by atoms with Gasteiger partial charge >= 0.3 is 0 Å². The molecule has 1 aromatic carbocycles. The van der Waals surface area contributed by atoms with Gasteiger partial charge in [-0.25, -0.2) is 9.37 Å². The molecule has 0 aliphatic carbocycles. The van der Waals surface area contributed by atoms with E-state index in [0.29, 0.717) is 17.8 Å². The van der Waals surface area contributed by atoms with Crippen LogP contribution in [0.4, 0.5) is 10.1 Å². The predicted octanol–water partition coefficient (Wildman–Crippen LogP) is 1.65. The van der Waals surface area contributed by atoms with Crippen LogP contribution in [0.15, 0.2) is 36.9 Å². The number of nitrogens with zero attached hydrogens (tertiary/aromatic N) is 2. The topological polar surface area (TPSA) is 76.0 Å². The molecule has 1 atom stereocenters. The highest BCUT2D eigenvalue weighted by Gasteiger charge is 2.30. The first-order valence-electron chi connectivity index (χ1n) is 7.46. The van der Waals surface area contributed by atoms with Crippen LogP contribution in [0.1, 0.15) is 24.3 Å². The van der Waals surface area contributed by atoms with E-state index in [1.54, 1.807) is 18.6 Å². The molecule has 1 aliphatic rings. The number of carbonyl (C=O) groups is 2. The van der Waals surface area contributed by atoms with E-state index in [0.717, 1.165) is 13.0 Å². The number of benzene rings is 1. The number of anilines is 1. The zero-order valence-corrected chi connectivity index (χ0v) is 12.5. The van der Waals surface area contributed by atoms with Gasteiger partial charge in [-0.15, -0.1) is 0 Å². The molecule has 1 unspecified atom stereocenters. The van der Waals surface area contributed by atoms with Gasteiger partial charge in [0.15, 0.2) is 0 Å². The number of nitrogens with one attached hydrogen (secondary N) is 2. The summed E-state index contributed by atoms with van der Waals surface area (Å²) >= 11 is 0. The molecule has 120 valence electrons. The lowest BCUT2D eigenvalue weighted by Crippen LogP contribution is -2.35. The largest absolute Gasteiger partial charge is 0.355 e. The van der Waals surface area contributed by atoms with E-state index in [2.05, 4.69) is 15.6 Å². The predicted molar refractivity (Wildman–Crippen MR) is 82.2 cm³/mol. The molecule has 0 spiro atoms. The van der Waals surface area contributed by atoms with Gasteiger partial charge in [-0.05, 0) is 24.1 Å². The Morgan fingerprint density at radius 2 is 2.35 bits per heavy atom. The van der Waals surface area contributed by atoms with Gasteiger partial charge in [0.25, 0.3) is 0 Å². The Morgan fingerprint density at radius 1 is 1.48 bits per heavy atom. The fourth-order valence-electron chi connectivity index (χ4n) is 2.69. The minimum absolute atomic E-state index is 0.0754. The van der Waals surface area contributed by atoms with Crippen LogP contribution in [0, 0.1) is 5.82 Å². The molecule has 1 aliphatic heterocycles. The van der Waals surface area contributed by atoms with Crippen molar-refractivity contribution in [1.82, 2.24) is 14.9 Å². The maximum absolute atomic E-state index is 13.3. The van der Waals surface area contributed by atoms with Gasteiger partial charge in [-0.2, -0.15) is 0 Å². The number of fused-ring (bicyclic) bond motifs is 1. The molecule has 0 saturated carbocycles. The SMILES string of the molecule is O=C1CC(C(=O)NCCCn2ccnc2)c2ccc(F)cc2N1. The van der Waals surface area contributed by atoms with E-state index in [9.17, 15) is 14.0 Å². The zero-order chi connectivity index (χ0) is 16.2. The van der Waals surface area contributed by atoms with Gasteiger partial charge in [-0.1, -0.05) is 6.07 Å². The Balaban J connectivity index is 1.60. The maximum Gasteiger partial charge on any atom is 0.228 e. The molecule has 2 aromatic rings. The summed E-state index contributed by atoms with van der Waals surface area (Å²) in [7, 11) is 0. The number of halogens is 1. The maximum atomic E-state index is 13.3. The lowest BCUT2D eigenvalue weighted by molar-refractivity contribution is -0.126. The lowest BCUT2D eigenvalue weighted by Gasteiger charge is -2.24. The molecule has 23 heavy (non-hydrogen) atoms. The fraction of sp³-hybridized carbons (Fsp3) is 0.312. The molecule has 6 nitrogen and oxygen atoms in total.